The summed E-state index contributed by atoms with van der Waals surface area (Å²) in [5.74, 6) is -2.72. The predicted molar refractivity (Wildman–Crippen MR) is 156 cm³/mol. The minimum absolute atomic E-state index is 0.200. The molecule has 4 rings (SSSR count). The first-order valence-electron chi connectivity index (χ1n) is 13.3. The van der Waals surface area contributed by atoms with Gasteiger partial charge in [-0.1, -0.05) is 52.8 Å². The molecule has 0 saturated heterocycles. The fourth-order valence-electron chi connectivity index (χ4n) is 4.17. The van der Waals surface area contributed by atoms with Crippen LogP contribution in [-0.4, -0.2) is 69.8 Å². The molecule has 14 heteroatoms. The molecule has 2 atom stereocenters. The van der Waals surface area contributed by atoms with Crippen LogP contribution in [0.25, 0.3) is 22.2 Å². The highest BCUT2D eigenvalue weighted by molar-refractivity contribution is 6.30. The van der Waals surface area contributed by atoms with Crippen molar-refractivity contribution >= 4 is 46.4 Å². The Morgan fingerprint density at radius 3 is 2.34 bits per heavy atom. The summed E-state index contributed by atoms with van der Waals surface area (Å²) in [7, 11) is 0. The summed E-state index contributed by atoms with van der Waals surface area (Å²) in [6, 6.07) is 18.8. The van der Waals surface area contributed by atoms with Gasteiger partial charge in [0.1, 0.15) is 11.0 Å². The third-order valence-corrected chi connectivity index (χ3v) is 6.52. The average Bonchev–Trinajstić information content (AvgIpc) is 3.39. The van der Waals surface area contributed by atoms with Crippen molar-refractivity contribution in [2.24, 2.45) is 0 Å². The molecule has 4 aromatic rings. The molecule has 1 heterocycles. The summed E-state index contributed by atoms with van der Waals surface area (Å²) < 4.78 is 14.2. The smallest absolute Gasteiger partial charge is 0.337 e. The number of benzene rings is 3. The van der Waals surface area contributed by atoms with Gasteiger partial charge in [0.2, 0.25) is 6.79 Å². The lowest BCUT2D eigenvalue weighted by Gasteiger charge is -2.21. The third kappa shape index (κ3) is 8.99. The minimum atomic E-state index is -1.62. The Labute approximate surface area is 256 Å². The summed E-state index contributed by atoms with van der Waals surface area (Å²) >= 11 is 6.12. The minimum Gasteiger partial charge on any atom is -0.428 e. The number of esters is 3. The normalized spacial score (nSPS) is 12.2. The highest BCUT2D eigenvalue weighted by atomic mass is 35.5. The van der Waals surface area contributed by atoms with Crippen LogP contribution in [0.4, 0.5) is 0 Å². The largest absolute Gasteiger partial charge is 0.428 e. The summed E-state index contributed by atoms with van der Waals surface area (Å²) in [6.45, 7) is 1.33. The van der Waals surface area contributed by atoms with E-state index in [2.05, 4.69) is 20.4 Å². The van der Waals surface area contributed by atoms with E-state index < -0.39 is 49.5 Å². The number of ether oxygens (including phenoxy) is 3. The number of rotatable bonds is 13. The SMILES string of the molecule is CC(=O)OCOC(=O)C(O)C[C@@H](Cc1ccc(-c2cccc(Cl)c2)cc1)NC(=O)c1ccc2nnn(OCOC(C)=O)c2c1. The Bertz CT molecular complexity index is 1640. The molecule has 1 aromatic heterocycles. The molecule has 0 saturated carbocycles. The topological polar surface area (TPSA) is 168 Å². The van der Waals surface area contributed by atoms with Crippen LogP contribution in [0.3, 0.4) is 0 Å². The molecule has 44 heavy (non-hydrogen) atoms. The van der Waals surface area contributed by atoms with Crippen molar-refractivity contribution in [3.05, 3.63) is 82.9 Å². The van der Waals surface area contributed by atoms with E-state index >= 15 is 0 Å². The van der Waals surface area contributed by atoms with Gasteiger partial charge in [-0.3, -0.25) is 14.4 Å². The first-order chi connectivity index (χ1) is 21.1. The molecule has 0 bridgehead atoms. The first-order valence-corrected chi connectivity index (χ1v) is 13.7. The number of fused-ring (bicyclic) bond motifs is 1. The fraction of sp³-hybridized carbons (Fsp3) is 0.267. The van der Waals surface area contributed by atoms with Crippen molar-refractivity contribution in [2.45, 2.75) is 38.8 Å². The standard InChI is InChI=1S/C30H29ClN4O9/c1-18(36)41-16-43-30(40)28(38)15-25(12-20-6-8-21(9-7-20)22-4-3-5-24(31)13-22)32-29(39)23-10-11-26-27(14-23)35(34-33-26)44-17-42-19(2)37/h3-11,13-14,25,28,38H,12,15-17H2,1-2H3,(H,32,39)/t25-,28?/m1/s1. The van der Waals surface area contributed by atoms with Crippen LogP contribution in [0.2, 0.25) is 5.02 Å². The molecule has 0 aliphatic carbocycles. The van der Waals surface area contributed by atoms with Gasteiger partial charge in [-0.2, -0.15) is 0 Å². The average molecular weight is 625 g/mol. The van der Waals surface area contributed by atoms with E-state index in [1.54, 1.807) is 12.1 Å². The lowest BCUT2D eigenvalue weighted by Crippen LogP contribution is -2.41. The zero-order chi connectivity index (χ0) is 31.6. The molecule has 3 aromatic carbocycles. The molecule has 230 valence electrons. The van der Waals surface area contributed by atoms with Gasteiger partial charge < -0.3 is 29.5 Å². The second-order valence-corrected chi connectivity index (χ2v) is 10.0. The van der Waals surface area contributed by atoms with Gasteiger partial charge in [-0.25, -0.2) is 4.79 Å². The lowest BCUT2D eigenvalue weighted by molar-refractivity contribution is -0.172. The maximum absolute atomic E-state index is 13.4. The van der Waals surface area contributed by atoms with Gasteiger partial charge in [-0.15, -0.1) is 5.10 Å². The third-order valence-electron chi connectivity index (χ3n) is 6.29. The van der Waals surface area contributed by atoms with Crippen LogP contribution in [0, 0.1) is 0 Å². The molecule has 1 amide bonds. The van der Waals surface area contributed by atoms with Gasteiger partial charge in [0.15, 0.2) is 6.10 Å². The van der Waals surface area contributed by atoms with E-state index in [9.17, 15) is 24.3 Å². The predicted octanol–water partition coefficient (Wildman–Crippen LogP) is 2.86. The van der Waals surface area contributed by atoms with E-state index in [4.69, 9.17) is 25.9 Å². The zero-order valence-corrected chi connectivity index (χ0v) is 24.5. The van der Waals surface area contributed by atoms with E-state index in [0.29, 0.717) is 16.1 Å². The number of carbonyl (C=O) groups is 4. The number of hydrogen-bond acceptors (Lipinski definition) is 11. The van der Waals surface area contributed by atoms with Crippen molar-refractivity contribution in [2.75, 3.05) is 13.6 Å². The summed E-state index contributed by atoms with van der Waals surface area (Å²) in [5, 5.41) is 21.8. The molecule has 0 aliphatic heterocycles. The van der Waals surface area contributed by atoms with Crippen LogP contribution in [0.15, 0.2) is 66.7 Å². The summed E-state index contributed by atoms with van der Waals surface area (Å²) in [4.78, 5) is 54.0. The molecular weight excluding hydrogens is 596 g/mol. The first kappa shape index (κ1) is 31.9. The molecule has 0 fully saturated rings. The van der Waals surface area contributed by atoms with Crippen molar-refractivity contribution in [3.63, 3.8) is 0 Å². The summed E-state index contributed by atoms with van der Waals surface area (Å²) in [6.07, 6.45) is -1.57. The Hall–Kier alpha value is -5.01. The van der Waals surface area contributed by atoms with E-state index in [1.165, 1.54) is 19.1 Å². The van der Waals surface area contributed by atoms with Crippen LogP contribution in [-0.2, 0) is 35.0 Å². The summed E-state index contributed by atoms with van der Waals surface area (Å²) in [5.41, 5.74) is 3.66. The van der Waals surface area contributed by atoms with Crippen molar-refractivity contribution in [1.29, 1.82) is 0 Å². The Morgan fingerprint density at radius 1 is 0.909 bits per heavy atom. The molecule has 2 N–H and O–H groups in total. The number of aromatic nitrogens is 3. The molecule has 1 unspecified atom stereocenters. The number of halogens is 1. The van der Waals surface area contributed by atoms with Gasteiger partial charge >= 0.3 is 17.9 Å². The van der Waals surface area contributed by atoms with E-state index in [0.717, 1.165) is 28.5 Å². The van der Waals surface area contributed by atoms with Gasteiger partial charge in [0.05, 0.1) is 0 Å². The number of hydrogen-bond donors (Lipinski definition) is 2. The van der Waals surface area contributed by atoms with Crippen molar-refractivity contribution < 1.29 is 43.3 Å². The maximum atomic E-state index is 13.4. The quantitative estimate of drug-likeness (QED) is 0.166. The van der Waals surface area contributed by atoms with Gasteiger partial charge in [0, 0.05) is 36.9 Å². The number of aliphatic hydroxyl groups excluding tert-OH is 1. The second-order valence-electron chi connectivity index (χ2n) is 9.60. The molecular formula is C30H29ClN4O9. The highest BCUT2D eigenvalue weighted by Crippen LogP contribution is 2.24. The van der Waals surface area contributed by atoms with Crippen LogP contribution >= 0.6 is 11.6 Å². The molecule has 0 radical (unpaired) electrons. The highest BCUT2D eigenvalue weighted by Gasteiger charge is 2.25. The Morgan fingerprint density at radius 2 is 1.64 bits per heavy atom. The number of amides is 1. The number of carbonyl (C=O) groups excluding carboxylic acids is 4. The van der Waals surface area contributed by atoms with Crippen molar-refractivity contribution in [1.82, 2.24) is 20.5 Å². The maximum Gasteiger partial charge on any atom is 0.337 e. The van der Waals surface area contributed by atoms with Gasteiger partial charge in [-0.05, 0) is 58.7 Å². The van der Waals surface area contributed by atoms with Crippen LogP contribution in [0.5, 0.6) is 0 Å². The number of nitrogens with zero attached hydrogens (tertiary/aromatic N) is 3. The van der Waals surface area contributed by atoms with Gasteiger partial charge in [0.25, 0.3) is 12.7 Å². The molecule has 0 spiro atoms. The van der Waals surface area contributed by atoms with Crippen LogP contribution < -0.4 is 10.2 Å². The second kappa shape index (κ2) is 14.9. The Balaban J connectivity index is 1.51. The van der Waals surface area contributed by atoms with E-state index in [-0.39, 0.29) is 18.4 Å². The van der Waals surface area contributed by atoms with Crippen molar-refractivity contribution in [3.8, 4) is 11.1 Å². The lowest BCUT2D eigenvalue weighted by atomic mass is 9.97. The zero-order valence-electron chi connectivity index (χ0n) is 23.8. The van der Waals surface area contributed by atoms with Crippen LogP contribution in [0.1, 0.15) is 36.2 Å². The number of aliphatic hydroxyl groups is 1. The van der Waals surface area contributed by atoms with E-state index in [1.807, 2.05) is 42.5 Å². The Kier molecular flexibility index (Phi) is 10.8. The number of nitrogens with one attached hydrogen (secondary N) is 1. The fourth-order valence-corrected chi connectivity index (χ4v) is 4.36. The monoisotopic (exact) mass is 624 g/mol. The molecule has 13 nitrogen and oxygen atoms in total. The molecule has 0 aliphatic rings.